The van der Waals surface area contributed by atoms with Gasteiger partial charge < -0.3 is 4.90 Å². The predicted octanol–water partition coefficient (Wildman–Crippen LogP) is 2.92. The van der Waals surface area contributed by atoms with Crippen LogP contribution in [0, 0.1) is 20.2 Å². The summed E-state index contributed by atoms with van der Waals surface area (Å²) in [7, 11) is 0. The summed E-state index contributed by atoms with van der Waals surface area (Å²) in [4.78, 5) is 42.0. The molecule has 2 aliphatic heterocycles. The van der Waals surface area contributed by atoms with Crippen molar-refractivity contribution in [1.82, 2.24) is 14.8 Å². The Morgan fingerprint density at radius 1 is 1.07 bits per heavy atom. The largest absolute Gasteiger partial charge is 0.346 e. The van der Waals surface area contributed by atoms with E-state index in [9.17, 15) is 25.0 Å². The Bertz CT molecular complexity index is 1050. The number of pyridine rings is 1. The van der Waals surface area contributed by atoms with E-state index in [1.165, 1.54) is 29.2 Å². The summed E-state index contributed by atoms with van der Waals surface area (Å²) in [6.07, 6.45) is 1.53. The molecule has 0 radical (unpaired) electrons. The lowest BCUT2D eigenvalue weighted by molar-refractivity contribution is -0.434. The average molecular weight is 430 g/mol. The molecule has 30 heavy (non-hydrogen) atoms. The highest BCUT2D eigenvalue weighted by atomic mass is 35.5. The minimum atomic E-state index is -0.788. The van der Waals surface area contributed by atoms with Gasteiger partial charge in [-0.05, 0) is 17.2 Å². The van der Waals surface area contributed by atoms with Crippen LogP contribution in [0.3, 0.4) is 0 Å². The van der Waals surface area contributed by atoms with Crippen LogP contribution in [-0.2, 0) is 11.3 Å². The highest BCUT2D eigenvalue weighted by molar-refractivity contribution is 6.29. The zero-order chi connectivity index (χ0) is 21.4. The number of rotatable bonds is 5. The summed E-state index contributed by atoms with van der Waals surface area (Å²) in [6, 6.07) is 8.94. The van der Waals surface area contributed by atoms with Crippen LogP contribution in [0.5, 0.6) is 0 Å². The molecule has 3 heterocycles. The molecule has 10 nitrogen and oxygen atoms in total. The van der Waals surface area contributed by atoms with Crippen molar-refractivity contribution in [2.75, 3.05) is 13.1 Å². The molecule has 154 valence electrons. The van der Waals surface area contributed by atoms with Crippen molar-refractivity contribution < 1.29 is 14.6 Å². The van der Waals surface area contributed by atoms with Crippen LogP contribution in [0.15, 0.2) is 54.1 Å². The first-order valence-electron chi connectivity index (χ1n) is 9.14. The van der Waals surface area contributed by atoms with E-state index in [2.05, 4.69) is 4.98 Å². The fourth-order valence-corrected chi connectivity index (χ4v) is 3.98. The van der Waals surface area contributed by atoms with E-state index in [4.69, 9.17) is 11.6 Å². The maximum Gasteiger partial charge on any atom is 0.294 e. The van der Waals surface area contributed by atoms with Crippen LogP contribution in [0.4, 0.5) is 5.69 Å². The molecule has 1 aromatic heterocycles. The Kier molecular flexibility index (Phi) is 5.08. The molecular formula is C19H16ClN5O5. The second kappa shape index (κ2) is 7.71. The number of carbonyl (C=O) groups is 1. The van der Waals surface area contributed by atoms with Crippen LogP contribution in [0.2, 0.25) is 5.15 Å². The Labute approximate surface area is 175 Å². The highest BCUT2D eigenvalue weighted by Gasteiger charge is 2.46. The molecule has 1 aromatic carbocycles. The number of nitro groups is 2. The van der Waals surface area contributed by atoms with Gasteiger partial charge in [0.1, 0.15) is 5.15 Å². The second-order valence-electron chi connectivity index (χ2n) is 7.03. The number of allylic oxidation sites excluding steroid dienone is 1. The van der Waals surface area contributed by atoms with Gasteiger partial charge in [-0.3, -0.25) is 29.9 Å². The number of hydrogen-bond donors (Lipinski definition) is 0. The third-order valence-corrected chi connectivity index (χ3v) is 5.48. The molecule has 4 rings (SSSR count). The molecule has 0 aliphatic carbocycles. The first-order chi connectivity index (χ1) is 14.3. The molecule has 2 aliphatic rings. The maximum atomic E-state index is 12.7. The Hall–Kier alpha value is -3.53. The number of amides is 1. The zero-order valence-corrected chi connectivity index (χ0v) is 16.4. The van der Waals surface area contributed by atoms with Gasteiger partial charge in [-0.25, -0.2) is 4.98 Å². The van der Waals surface area contributed by atoms with Gasteiger partial charge in [0.15, 0.2) is 5.82 Å². The number of carbonyl (C=O) groups excluding carboxylic acids is 1. The number of benzene rings is 1. The molecule has 0 spiro atoms. The van der Waals surface area contributed by atoms with E-state index >= 15 is 0 Å². The fourth-order valence-electron chi connectivity index (χ4n) is 3.87. The molecular weight excluding hydrogens is 414 g/mol. The first kappa shape index (κ1) is 19.8. The van der Waals surface area contributed by atoms with Gasteiger partial charge >= 0.3 is 0 Å². The van der Waals surface area contributed by atoms with Crippen LogP contribution >= 0.6 is 11.6 Å². The van der Waals surface area contributed by atoms with Gasteiger partial charge in [-0.1, -0.05) is 29.8 Å². The summed E-state index contributed by atoms with van der Waals surface area (Å²) in [5, 5.41) is 23.3. The number of nitro benzene ring substituents is 1. The average Bonchev–Trinajstić information content (AvgIpc) is 3.13. The zero-order valence-electron chi connectivity index (χ0n) is 15.6. The van der Waals surface area contributed by atoms with Gasteiger partial charge in [-0.2, -0.15) is 0 Å². The topological polar surface area (TPSA) is 123 Å². The van der Waals surface area contributed by atoms with Crippen LogP contribution in [-0.4, -0.2) is 43.6 Å². The lowest BCUT2D eigenvalue weighted by Crippen LogP contribution is -2.38. The molecule has 0 saturated carbocycles. The van der Waals surface area contributed by atoms with Crippen molar-refractivity contribution in [1.29, 1.82) is 0 Å². The Morgan fingerprint density at radius 2 is 1.80 bits per heavy atom. The number of non-ortho nitro benzene ring substituents is 1. The Morgan fingerprint density at radius 3 is 2.40 bits per heavy atom. The molecule has 0 bridgehead atoms. The minimum Gasteiger partial charge on any atom is -0.346 e. The molecule has 0 N–H and O–H groups in total. The summed E-state index contributed by atoms with van der Waals surface area (Å²) >= 11 is 5.82. The van der Waals surface area contributed by atoms with E-state index in [1.807, 2.05) is 0 Å². The maximum absolute atomic E-state index is 12.7. The van der Waals surface area contributed by atoms with E-state index < -0.39 is 15.8 Å². The summed E-state index contributed by atoms with van der Waals surface area (Å²) in [6.45, 7) is 1.15. The van der Waals surface area contributed by atoms with Gasteiger partial charge in [0.25, 0.3) is 11.4 Å². The summed E-state index contributed by atoms with van der Waals surface area (Å²) < 4.78 is 0. The molecule has 1 amide bonds. The van der Waals surface area contributed by atoms with Crippen molar-refractivity contribution >= 4 is 23.2 Å². The minimum absolute atomic E-state index is 0.0615. The highest BCUT2D eigenvalue weighted by Crippen LogP contribution is 2.40. The summed E-state index contributed by atoms with van der Waals surface area (Å²) in [5.74, 6) is -0.728. The van der Waals surface area contributed by atoms with E-state index in [0.717, 1.165) is 5.56 Å². The number of halogens is 1. The lowest BCUT2D eigenvalue weighted by Gasteiger charge is -2.30. The summed E-state index contributed by atoms with van der Waals surface area (Å²) in [5.41, 5.74) is 1.10. The van der Waals surface area contributed by atoms with Crippen molar-refractivity contribution in [3.8, 4) is 0 Å². The van der Waals surface area contributed by atoms with Crippen LogP contribution in [0.1, 0.15) is 23.5 Å². The van der Waals surface area contributed by atoms with Crippen molar-refractivity contribution in [3.05, 3.63) is 90.6 Å². The molecule has 2 aromatic rings. The standard InChI is InChI=1S/C19H16ClN5O5/c20-16-6-1-12(10-21-16)11-22-7-8-23-17(26)9-15(18(19(22)23)25(29)30)13-2-4-14(5-3-13)24(27)28/h1-6,10,15H,7-9,11H2. The molecule has 11 heteroatoms. The second-order valence-corrected chi connectivity index (χ2v) is 7.41. The van der Waals surface area contributed by atoms with E-state index in [0.29, 0.717) is 30.4 Å². The van der Waals surface area contributed by atoms with Crippen molar-refractivity contribution in [2.45, 2.75) is 18.9 Å². The fraction of sp³-hybridized carbons (Fsp3) is 0.263. The lowest BCUT2D eigenvalue weighted by atomic mass is 9.89. The van der Waals surface area contributed by atoms with Gasteiger partial charge in [0, 0.05) is 44.4 Å². The van der Waals surface area contributed by atoms with Crippen molar-refractivity contribution in [3.63, 3.8) is 0 Å². The van der Waals surface area contributed by atoms with Crippen molar-refractivity contribution in [2.24, 2.45) is 0 Å². The van der Waals surface area contributed by atoms with E-state index in [-0.39, 0.29) is 29.5 Å². The van der Waals surface area contributed by atoms with E-state index in [1.54, 1.807) is 23.2 Å². The quantitative estimate of drug-likeness (QED) is 0.406. The number of nitrogens with zero attached hydrogens (tertiary/aromatic N) is 5. The third-order valence-electron chi connectivity index (χ3n) is 5.25. The molecule has 1 saturated heterocycles. The SMILES string of the molecule is O=C1CC(c2ccc([N+](=O)[O-])cc2)C([N+](=O)[O-])=C2N(Cc3ccc(Cl)nc3)CCN12. The molecule has 1 unspecified atom stereocenters. The number of hydrogen-bond acceptors (Lipinski definition) is 7. The third kappa shape index (κ3) is 3.57. The predicted molar refractivity (Wildman–Crippen MR) is 106 cm³/mol. The monoisotopic (exact) mass is 429 g/mol. The number of fused-ring (bicyclic) bond motifs is 1. The van der Waals surface area contributed by atoms with Gasteiger partial charge in [0.05, 0.1) is 15.8 Å². The van der Waals surface area contributed by atoms with Gasteiger partial charge in [0.2, 0.25) is 5.91 Å². The first-order valence-corrected chi connectivity index (χ1v) is 9.51. The normalized spacial score (nSPS) is 18.6. The van der Waals surface area contributed by atoms with Crippen LogP contribution < -0.4 is 0 Å². The Balaban J connectivity index is 1.74. The number of aromatic nitrogens is 1. The molecule has 1 atom stereocenters. The van der Waals surface area contributed by atoms with Crippen LogP contribution in [0.25, 0.3) is 0 Å². The van der Waals surface area contributed by atoms with Gasteiger partial charge in [-0.15, -0.1) is 0 Å². The smallest absolute Gasteiger partial charge is 0.294 e. The molecule has 1 fully saturated rings.